The number of likely N-dealkylation sites (tertiary alicyclic amines) is 1. The van der Waals surface area contributed by atoms with Gasteiger partial charge in [-0.05, 0) is 61.7 Å². The monoisotopic (exact) mass is 451 g/mol. The van der Waals surface area contributed by atoms with E-state index in [1.54, 1.807) is 19.2 Å². The second-order valence-electron chi connectivity index (χ2n) is 8.30. The number of hydrogen-bond donors (Lipinski definition) is 1. The van der Waals surface area contributed by atoms with E-state index in [1.807, 2.05) is 44.2 Å². The van der Waals surface area contributed by atoms with Crippen LogP contribution in [0.1, 0.15) is 43.0 Å². The highest BCUT2D eigenvalue weighted by Crippen LogP contribution is 2.41. The Hall–Kier alpha value is -3.32. The highest BCUT2D eigenvalue weighted by molar-refractivity contribution is 6.46. The molecule has 0 aromatic heterocycles. The number of benzene rings is 2. The third kappa shape index (κ3) is 4.46. The van der Waals surface area contributed by atoms with Crippen LogP contribution >= 0.6 is 0 Å². The van der Waals surface area contributed by atoms with Crippen molar-refractivity contribution in [1.29, 1.82) is 0 Å². The molecule has 2 aliphatic rings. The van der Waals surface area contributed by atoms with Crippen LogP contribution in [0.4, 0.5) is 0 Å². The lowest BCUT2D eigenvalue weighted by molar-refractivity contribution is -0.140. The van der Waals surface area contributed by atoms with E-state index in [1.165, 1.54) is 4.90 Å². The normalized spacial score (nSPS) is 21.2. The third-order valence-electron chi connectivity index (χ3n) is 5.96. The molecule has 2 aromatic carbocycles. The van der Waals surface area contributed by atoms with Crippen LogP contribution < -0.4 is 9.47 Å². The minimum Gasteiger partial charge on any atom is -0.507 e. The summed E-state index contributed by atoms with van der Waals surface area (Å²) in [6.45, 7) is 5.22. The maximum absolute atomic E-state index is 13.1. The summed E-state index contributed by atoms with van der Waals surface area (Å²) < 4.78 is 16.4. The Morgan fingerprint density at radius 1 is 1.18 bits per heavy atom. The minimum absolute atomic E-state index is 0.0626. The number of carbonyl (C=O) groups is 2. The van der Waals surface area contributed by atoms with Gasteiger partial charge in [0.15, 0.2) is 0 Å². The molecule has 0 bridgehead atoms. The smallest absolute Gasteiger partial charge is 0.295 e. The summed E-state index contributed by atoms with van der Waals surface area (Å²) in [6, 6.07) is 11.9. The SMILES string of the molecule is CCOc1ccc(C2C(=C(O)c3ccc4c(c3)CC(C)O4)C(=O)C(=O)N2CCCOC)cc1. The van der Waals surface area contributed by atoms with Gasteiger partial charge in [0.25, 0.3) is 11.7 Å². The van der Waals surface area contributed by atoms with Gasteiger partial charge in [-0.2, -0.15) is 0 Å². The first-order valence-electron chi connectivity index (χ1n) is 11.2. The molecule has 1 N–H and O–H groups in total. The fourth-order valence-corrected chi connectivity index (χ4v) is 4.47. The van der Waals surface area contributed by atoms with Gasteiger partial charge in [-0.3, -0.25) is 9.59 Å². The number of nitrogens with zero attached hydrogens (tertiary/aromatic N) is 1. The van der Waals surface area contributed by atoms with E-state index in [-0.39, 0.29) is 17.4 Å². The predicted molar refractivity (Wildman–Crippen MR) is 123 cm³/mol. The molecule has 7 nitrogen and oxygen atoms in total. The molecular weight excluding hydrogens is 422 g/mol. The van der Waals surface area contributed by atoms with Crippen molar-refractivity contribution in [2.24, 2.45) is 0 Å². The number of hydrogen-bond acceptors (Lipinski definition) is 6. The Bertz CT molecular complexity index is 1070. The molecule has 2 aliphatic heterocycles. The van der Waals surface area contributed by atoms with Crippen LogP contribution in [0.25, 0.3) is 5.76 Å². The first kappa shape index (κ1) is 22.9. The first-order valence-corrected chi connectivity index (χ1v) is 11.2. The molecule has 174 valence electrons. The van der Waals surface area contributed by atoms with Crippen LogP contribution in [0.15, 0.2) is 48.0 Å². The number of methoxy groups -OCH3 is 1. The Morgan fingerprint density at radius 2 is 1.94 bits per heavy atom. The van der Waals surface area contributed by atoms with Crippen LogP contribution in [0.3, 0.4) is 0 Å². The topological polar surface area (TPSA) is 85.3 Å². The molecule has 0 saturated carbocycles. The second-order valence-corrected chi connectivity index (χ2v) is 8.30. The number of rotatable bonds is 8. The maximum atomic E-state index is 13.1. The van der Waals surface area contributed by atoms with Crippen molar-refractivity contribution in [2.75, 3.05) is 26.9 Å². The van der Waals surface area contributed by atoms with E-state index >= 15 is 0 Å². The average Bonchev–Trinajstić information content (AvgIpc) is 3.30. The maximum Gasteiger partial charge on any atom is 0.295 e. The van der Waals surface area contributed by atoms with Gasteiger partial charge in [0, 0.05) is 32.2 Å². The summed E-state index contributed by atoms with van der Waals surface area (Å²) in [7, 11) is 1.59. The van der Waals surface area contributed by atoms with E-state index in [4.69, 9.17) is 14.2 Å². The standard InChI is InChI=1S/C26H29NO6/c1-4-32-20-9-6-17(7-10-20)23-22(25(29)26(30)27(23)12-5-13-31-3)24(28)18-8-11-21-19(15-18)14-16(2)33-21/h6-11,15-16,23,28H,4-5,12-14H2,1-3H3. The minimum atomic E-state index is -0.694. The largest absolute Gasteiger partial charge is 0.507 e. The molecule has 1 saturated heterocycles. The summed E-state index contributed by atoms with van der Waals surface area (Å²) >= 11 is 0. The fraction of sp³-hybridized carbons (Fsp3) is 0.385. The number of ether oxygens (including phenoxy) is 3. The molecule has 2 atom stereocenters. The number of aliphatic hydroxyl groups excluding tert-OH is 1. The van der Waals surface area contributed by atoms with Gasteiger partial charge >= 0.3 is 0 Å². The summed E-state index contributed by atoms with van der Waals surface area (Å²) in [5.41, 5.74) is 2.29. The predicted octanol–water partition coefficient (Wildman–Crippen LogP) is 3.87. The van der Waals surface area contributed by atoms with Crippen molar-refractivity contribution in [3.63, 3.8) is 0 Å². The summed E-state index contributed by atoms with van der Waals surface area (Å²) in [5, 5.41) is 11.3. The van der Waals surface area contributed by atoms with Gasteiger partial charge in [0.05, 0.1) is 18.2 Å². The van der Waals surface area contributed by atoms with Crippen LogP contribution in [-0.2, 0) is 20.7 Å². The van der Waals surface area contributed by atoms with Gasteiger partial charge in [0.2, 0.25) is 0 Å². The van der Waals surface area contributed by atoms with Gasteiger partial charge < -0.3 is 24.2 Å². The molecular formula is C26H29NO6. The van der Waals surface area contributed by atoms with Gasteiger partial charge in [0.1, 0.15) is 23.4 Å². The lowest BCUT2D eigenvalue weighted by Gasteiger charge is -2.25. The van der Waals surface area contributed by atoms with Gasteiger partial charge in [-0.1, -0.05) is 12.1 Å². The Balaban J connectivity index is 1.77. The van der Waals surface area contributed by atoms with E-state index in [0.717, 1.165) is 23.3 Å². The second kappa shape index (κ2) is 9.67. The van der Waals surface area contributed by atoms with Gasteiger partial charge in [-0.15, -0.1) is 0 Å². The third-order valence-corrected chi connectivity index (χ3v) is 5.96. The van der Waals surface area contributed by atoms with Crippen molar-refractivity contribution in [3.8, 4) is 11.5 Å². The molecule has 33 heavy (non-hydrogen) atoms. The number of fused-ring (bicyclic) bond motifs is 1. The van der Waals surface area contributed by atoms with Crippen molar-refractivity contribution in [3.05, 3.63) is 64.7 Å². The quantitative estimate of drug-likeness (QED) is 0.284. The highest BCUT2D eigenvalue weighted by Gasteiger charge is 2.45. The number of Topliss-reactive ketones (excluding diaryl/α,β-unsaturated/α-hetero) is 1. The number of aliphatic hydroxyl groups is 1. The molecule has 2 unspecified atom stereocenters. The van der Waals surface area contributed by atoms with Crippen LogP contribution in [0.5, 0.6) is 11.5 Å². The molecule has 1 fully saturated rings. The molecule has 0 aliphatic carbocycles. The van der Waals surface area contributed by atoms with Crippen LogP contribution in [-0.4, -0.2) is 54.7 Å². The fourth-order valence-electron chi connectivity index (χ4n) is 4.47. The van der Waals surface area contributed by atoms with Crippen molar-refractivity contribution < 1.29 is 28.9 Å². The van der Waals surface area contributed by atoms with E-state index in [2.05, 4.69) is 0 Å². The van der Waals surface area contributed by atoms with E-state index in [9.17, 15) is 14.7 Å². The van der Waals surface area contributed by atoms with Gasteiger partial charge in [-0.25, -0.2) is 0 Å². The van der Waals surface area contributed by atoms with Crippen molar-refractivity contribution in [2.45, 2.75) is 38.8 Å². The summed E-state index contributed by atoms with van der Waals surface area (Å²) in [5.74, 6) is -0.00476. The summed E-state index contributed by atoms with van der Waals surface area (Å²) in [6.07, 6.45) is 1.36. The molecule has 7 heteroatoms. The average molecular weight is 452 g/mol. The molecule has 2 heterocycles. The first-order chi connectivity index (χ1) is 15.9. The van der Waals surface area contributed by atoms with Crippen molar-refractivity contribution in [1.82, 2.24) is 4.90 Å². The lowest BCUT2D eigenvalue weighted by atomic mass is 9.94. The number of amides is 1. The summed E-state index contributed by atoms with van der Waals surface area (Å²) in [4.78, 5) is 27.6. The van der Waals surface area contributed by atoms with E-state index < -0.39 is 17.7 Å². The van der Waals surface area contributed by atoms with Crippen molar-refractivity contribution >= 4 is 17.4 Å². The molecule has 0 radical (unpaired) electrons. The Morgan fingerprint density at radius 3 is 2.64 bits per heavy atom. The zero-order valence-corrected chi connectivity index (χ0v) is 19.2. The molecule has 2 aromatic rings. The van der Waals surface area contributed by atoms with Crippen LogP contribution in [0.2, 0.25) is 0 Å². The number of carbonyl (C=O) groups excluding carboxylic acids is 2. The Kier molecular flexibility index (Phi) is 6.70. The molecule has 0 spiro atoms. The van der Waals surface area contributed by atoms with E-state index in [0.29, 0.717) is 37.5 Å². The molecule has 1 amide bonds. The zero-order chi connectivity index (χ0) is 23.5. The Labute approximate surface area is 193 Å². The highest BCUT2D eigenvalue weighted by atomic mass is 16.5. The zero-order valence-electron chi connectivity index (χ0n) is 19.2. The number of ketones is 1. The molecule has 4 rings (SSSR count). The lowest BCUT2D eigenvalue weighted by Crippen LogP contribution is -2.31. The van der Waals surface area contributed by atoms with Crippen LogP contribution in [0, 0.1) is 0 Å².